The molecule has 0 saturated carbocycles. The molecule has 0 bridgehead atoms. The van der Waals surface area contributed by atoms with E-state index in [1.807, 2.05) is 0 Å². The lowest BCUT2D eigenvalue weighted by atomic mass is 10.0. The second kappa shape index (κ2) is 3.52. The summed E-state index contributed by atoms with van der Waals surface area (Å²) >= 11 is 0. The smallest absolute Gasteiger partial charge is 0.0991 e. The lowest BCUT2D eigenvalue weighted by Crippen LogP contribution is -2.58. The zero-order valence-electron chi connectivity index (χ0n) is 7.68. The molecule has 1 saturated heterocycles. The predicted octanol–water partition coefficient (Wildman–Crippen LogP) is 0.274. The van der Waals surface area contributed by atoms with Gasteiger partial charge in [0.1, 0.15) is 0 Å². The van der Waals surface area contributed by atoms with Crippen LogP contribution in [-0.4, -0.2) is 43.9 Å². The lowest BCUT2D eigenvalue weighted by Gasteiger charge is -2.42. The molecule has 0 aromatic heterocycles. The van der Waals surface area contributed by atoms with Gasteiger partial charge in [0.15, 0.2) is 0 Å². The molecule has 66 valence electrons. The minimum absolute atomic E-state index is 0.244. The van der Waals surface area contributed by atoms with Crippen molar-refractivity contribution >= 4 is 0 Å². The van der Waals surface area contributed by atoms with Crippen molar-refractivity contribution in [2.24, 2.45) is 0 Å². The van der Waals surface area contributed by atoms with E-state index in [2.05, 4.69) is 24.1 Å². The van der Waals surface area contributed by atoms with Crippen LogP contribution >= 0.6 is 0 Å². The number of piperazine rings is 1. The van der Waals surface area contributed by atoms with E-state index in [9.17, 15) is 0 Å². The highest BCUT2D eigenvalue weighted by Crippen LogP contribution is 2.14. The molecule has 0 aromatic carbocycles. The van der Waals surface area contributed by atoms with Crippen LogP contribution in [0.3, 0.4) is 0 Å². The van der Waals surface area contributed by atoms with Crippen molar-refractivity contribution in [3.63, 3.8) is 0 Å². The average molecular weight is 158 g/mol. The van der Waals surface area contributed by atoms with Gasteiger partial charge in [0.25, 0.3) is 0 Å². The molecule has 1 heterocycles. The topological polar surface area (TPSA) is 24.5 Å². The Kier molecular flexibility index (Phi) is 2.87. The van der Waals surface area contributed by atoms with E-state index in [0.29, 0.717) is 0 Å². The molecule has 11 heavy (non-hydrogen) atoms. The summed E-state index contributed by atoms with van der Waals surface area (Å²) in [4.78, 5) is 2.35. The first-order chi connectivity index (χ1) is 5.17. The van der Waals surface area contributed by atoms with E-state index in [1.165, 1.54) is 0 Å². The first kappa shape index (κ1) is 8.97. The molecule has 0 amide bonds. The van der Waals surface area contributed by atoms with Crippen molar-refractivity contribution in [1.82, 2.24) is 10.2 Å². The fraction of sp³-hybridized carbons (Fsp3) is 1.00. The molecule has 0 aliphatic carbocycles. The molecule has 3 heteroatoms. The quantitative estimate of drug-likeness (QED) is 0.624. The summed E-state index contributed by atoms with van der Waals surface area (Å²) in [7, 11) is 1.75. The highest BCUT2D eigenvalue weighted by molar-refractivity contribution is 4.86. The standard InChI is InChI=1S/C8H18N2O/c1-8(2)6-9-4-5-10(8)7-11-3/h9H,4-7H2,1-3H3. The van der Waals surface area contributed by atoms with Crippen LogP contribution in [0.1, 0.15) is 13.8 Å². The molecule has 0 aromatic rings. The number of nitrogens with zero attached hydrogens (tertiary/aromatic N) is 1. The molecule has 0 spiro atoms. The zero-order valence-corrected chi connectivity index (χ0v) is 7.68. The number of rotatable bonds is 2. The Morgan fingerprint density at radius 3 is 2.82 bits per heavy atom. The van der Waals surface area contributed by atoms with Crippen molar-refractivity contribution < 1.29 is 4.74 Å². The Bertz CT molecular complexity index is 123. The van der Waals surface area contributed by atoms with Gasteiger partial charge in [-0.25, -0.2) is 0 Å². The Balaban J connectivity index is 2.45. The van der Waals surface area contributed by atoms with Gasteiger partial charge in [-0.05, 0) is 13.8 Å². The average Bonchev–Trinajstić information content (AvgIpc) is 1.94. The number of methoxy groups -OCH3 is 1. The van der Waals surface area contributed by atoms with Gasteiger partial charge in [0.05, 0.1) is 6.73 Å². The van der Waals surface area contributed by atoms with Crippen molar-refractivity contribution in [2.45, 2.75) is 19.4 Å². The van der Waals surface area contributed by atoms with Crippen molar-refractivity contribution in [1.29, 1.82) is 0 Å². The number of hydrogen-bond donors (Lipinski definition) is 1. The SMILES string of the molecule is COCN1CCNCC1(C)C. The summed E-state index contributed by atoms with van der Waals surface area (Å²) in [5.41, 5.74) is 0.244. The predicted molar refractivity (Wildman–Crippen MR) is 45.5 cm³/mol. The van der Waals surface area contributed by atoms with Crippen LogP contribution in [0.4, 0.5) is 0 Å². The van der Waals surface area contributed by atoms with Crippen LogP contribution in [0.5, 0.6) is 0 Å². The molecule has 0 unspecified atom stereocenters. The van der Waals surface area contributed by atoms with Gasteiger partial charge < -0.3 is 10.1 Å². The maximum atomic E-state index is 5.12. The maximum Gasteiger partial charge on any atom is 0.0991 e. The first-order valence-electron chi connectivity index (χ1n) is 4.11. The highest BCUT2D eigenvalue weighted by Gasteiger charge is 2.28. The van der Waals surface area contributed by atoms with E-state index in [0.717, 1.165) is 26.4 Å². The van der Waals surface area contributed by atoms with Crippen LogP contribution in [0, 0.1) is 0 Å². The van der Waals surface area contributed by atoms with Crippen molar-refractivity contribution in [3.05, 3.63) is 0 Å². The Morgan fingerprint density at radius 2 is 2.27 bits per heavy atom. The molecular formula is C8H18N2O. The van der Waals surface area contributed by atoms with Gasteiger partial charge in [-0.1, -0.05) is 0 Å². The van der Waals surface area contributed by atoms with Gasteiger partial charge in [-0.15, -0.1) is 0 Å². The lowest BCUT2D eigenvalue weighted by molar-refractivity contribution is -0.0150. The first-order valence-corrected chi connectivity index (χ1v) is 4.11. The Labute approximate surface area is 68.7 Å². The van der Waals surface area contributed by atoms with Crippen LogP contribution in [-0.2, 0) is 4.74 Å². The van der Waals surface area contributed by atoms with Gasteiger partial charge in [-0.2, -0.15) is 0 Å². The minimum Gasteiger partial charge on any atom is -0.369 e. The third-order valence-corrected chi connectivity index (χ3v) is 2.26. The van der Waals surface area contributed by atoms with Crippen molar-refractivity contribution in [3.8, 4) is 0 Å². The van der Waals surface area contributed by atoms with Crippen LogP contribution in [0.15, 0.2) is 0 Å². The zero-order chi connectivity index (χ0) is 8.32. The molecule has 0 atom stereocenters. The monoisotopic (exact) mass is 158 g/mol. The molecule has 1 N–H and O–H groups in total. The van der Waals surface area contributed by atoms with Crippen LogP contribution < -0.4 is 5.32 Å². The minimum atomic E-state index is 0.244. The van der Waals surface area contributed by atoms with Gasteiger partial charge >= 0.3 is 0 Å². The molecule has 3 nitrogen and oxygen atoms in total. The summed E-state index contributed by atoms with van der Waals surface area (Å²) in [6.45, 7) is 8.43. The summed E-state index contributed by atoms with van der Waals surface area (Å²) in [6, 6.07) is 0. The second-order valence-electron chi connectivity index (χ2n) is 3.67. The van der Waals surface area contributed by atoms with E-state index in [1.54, 1.807) is 7.11 Å². The third-order valence-electron chi connectivity index (χ3n) is 2.26. The molecule has 1 aliphatic rings. The largest absolute Gasteiger partial charge is 0.369 e. The van der Waals surface area contributed by atoms with Crippen LogP contribution in [0.2, 0.25) is 0 Å². The molecular weight excluding hydrogens is 140 g/mol. The Hall–Kier alpha value is -0.120. The number of ether oxygens (including phenoxy) is 1. The highest BCUT2D eigenvalue weighted by atomic mass is 16.5. The fourth-order valence-electron chi connectivity index (χ4n) is 1.42. The van der Waals surface area contributed by atoms with Gasteiger partial charge in [0, 0.05) is 32.3 Å². The maximum absolute atomic E-state index is 5.12. The Morgan fingerprint density at radius 1 is 1.55 bits per heavy atom. The molecule has 1 aliphatic heterocycles. The normalized spacial score (nSPS) is 25.4. The summed E-state index contributed by atoms with van der Waals surface area (Å²) < 4.78 is 5.12. The van der Waals surface area contributed by atoms with Gasteiger partial charge in [0.2, 0.25) is 0 Å². The summed E-state index contributed by atoms with van der Waals surface area (Å²) in [6.07, 6.45) is 0. The van der Waals surface area contributed by atoms with Crippen LogP contribution in [0.25, 0.3) is 0 Å². The molecule has 1 rings (SSSR count). The fourth-order valence-corrected chi connectivity index (χ4v) is 1.42. The molecule has 0 radical (unpaired) electrons. The summed E-state index contributed by atoms with van der Waals surface area (Å²) in [5.74, 6) is 0. The third kappa shape index (κ3) is 2.15. The summed E-state index contributed by atoms with van der Waals surface area (Å²) in [5, 5.41) is 3.37. The van der Waals surface area contributed by atoms with Gasteiger partial charge in [-0.3, -0.25) is 4.90 Å². The number of hydrogen-bond acceptors (Lipinski definition) is 3. The number of nitrogens with one attached hydrogen (secondary N) is 1. The van der Waals surface area contributed by atoms with E-state index in [-0.39, 0.29) is 5.54 Å². The van der Waals surface area contributed by atoms with Crippen molar-refractivity contribution in [2.75, 3.05) is 33.5 Å². The van der Waals surface area contributed by atoms with E-state index in [4.69, 9.17) is 4.74 Å². The molecule has 1 fully saturated rings. The van der Waals surface area contributed by atoms with E-state index < -0.39 is 0 Å². The second-order valence-corrected chi connectivity index (χ2v) is 3.67. The van der Waals surface area contributed by atoms with E-state index >= 15 is 0 Å².